The van der Waals surface area contributed by atoms with E-state index in [0.29, 0.717) is 22.7 Å². The van der Waals surface area contributed by atoms with Crippen molar-refractivity contribution < 1.29 is 13.9 Å². The van der Waals surface area contributed by atoms with Crippen molar-refractivity contribution in [2.24, 2.45) is 5.73 Å². The summed E-state index contributed by atoms with van der Waals surface area (Å²) >= 11 is 0. The van der Waals surface area contributed by atoms with Gasteiger partial charge in [-0.05, 0) is 31.0 Å². The number of nitrogens with zero attached hydrogens (tertiary/aromatic N) is 1. The van der Waals surface area contributed by atoms with Gasteiger partial charge in [0.1, 0.15) is 5.82 Å². The fraction of sp³-hybridized carbons (Fsp3) is 0.217. The number of pyridine rings is 1. The Bertz CT molecular complexity index is 1260. The summed E-state index contributed by atoms with van der Waals surface area (Å²) in [5.74, 6) is -0.980. The number of amides is 1. The summed E-state index contributed by atoms with van der Waals surface area (Å²) in [6, 6.07) is 12.9. The first-order valence-corrected chi connectivity index (χ1v) is 9.95. The Labute approximate surface area is 172 Å². The van der Waals surface area contributed by atoms with E-state index in [-0.39, 0.29) is 11.5 Å². The predicted octanol–water partition coefficient (Wildman–Crippen LogP) is 4.21. The Morgan fingerprint density at radius 1 is 1.17 bits per heavy atom. The molecule has 5 rings (SSSR count). The van der Waals surface area contributed by atoms with Gasteiger partial charge >= 0.3 is 0 Å². The first-order chi connectivity index (χ1) is 14.6. The Morgan fingerprint density at radius 3 is 2.73 bits per heavy atom. The molecule has 0 spiro atoms. The molecule has 2 aromatic heterocycles. The van der Waals surface area contributed by atoms with Crippen LogP contribution in [0.1, 0.15) is 23.3 Å². The minimum atomic E-state index is -0.632. The van der Waals surface area contributed by atoms with Gasteiger partial charge in [0.05, 0.1) is 5.52 Å². The van der Waals surface area contributed by atoms with Crippen molar-refractivity contribution >= 4 is 33.4 Å². The normalized spacial score (nSPS) is 15.0. The molecule has 6 nitrogen and oxygen atoms in total. The van der Waals surface area contributed by atoms with Gasteiger partial charge < -0.3 is 20.8 Å². The number of carbonyl (C=O) groups excluding carboxylic acids is 1. The lowest BCUT2D eigenvalue weighted by Crippen LogP contribution is -2.27. The Hall–Kier alpha value is -3.45. The lowest BCUT2D eigenvalue weighted by Gasteiger charge is -2.24. The Morgan fingerprint density at radius 2 is 1.97 bits per heavy atom. The molecule has 0 bridgehead atoms. The van der Waals surface area contributed by atoms with Gasteiger partial charge in [0, 0.05) is 58.6 Å². The maximum Gasteiger partial charge on any atom is 0.269 e. The molecule has 1 amide bonds. The van der Waals surface area contributed by atoms with E-state index in [1.165, 1.54) is 12.3 Å². The summed E-state index contributed by atoms with van der Waals surface area (Å²) < 4.78 is 20.0. The zero-order chi connectivity index (χ0) is 20.7. The molecule has 0 unspecified atom stereocenters. The molecule has 0 atom stereocenters. The highest BCUT2D eigenvalue weighted by atomic mass is 19.1. The van der Waals surface area contributed by atoms with Gasteiger partial charge in [-0.2, -0.15) is 0 Å². The topological polar surface area (TPSA) is 93.0 Å². The molecule has 0 radical (unpaired) electrons. The molecule has 2 aromatic carbocycles. The van der Waals surface area contributed by atoms with Crippen LogP contribution in [-0.2, 0) is 4.74 Å². The van der Waals surface area contributed by atoms with E-state index in [1.807, 2.05) is 18.2 Å². The van der Waals surface area contributed by atoms with Gasteiger partial charge in [0.25, 0.3) is 5.91 Å². The number of aromatic amines is 1. The number of hydrogen-bond acceptors (Lipinski definition) is 4. The predicted molar refractivity (Wildman–Crippen MR) is 115 cm³/mol. The van der Waals surface area contributed by atoms with E-state index < -0.39 is 5.91 Å². The highest BCUT2D eigenvalue weighted by Gasteiger charge is 2.20. The second kappa shape index (κ2) is 7.42. The van der Waals surface area contributed by atoms with E-state index in [4.69, 9.17) is 10.5 Å². The van der Waals surface area contributed by atoms with Crippen molar-refractivity contribution in [1.82, 2.24) is 9.97 Å². The second-order valence-corrected chi connectivity index (χ2v) is 7.53. The highest BCUT2D eigenvalue weighted by molar-refractivity contribution is 6.19. The van der Waals surface area contributed by atoms with Crippen molar-refractivity contribution in [2.45, 2.75) is 18.9 Å². The van der Waals surface area contributed by atoms with E-state index in [1.54, 1.807) is 18.2 Å². The lowest BCUT2D eigenvalue weighted by molar-refractivity contribution is 0.0904. The van der Waals surface area contributed by atoms with Crippen LogP contribution in [0.2, 0.25) is 0 Å². The number of nitrogens with one attached hydrogen (secondary N) is 2. The van der Waals surface area contributed by atoms with Crippen LogP contribution in [0, 0.1) is 5.82 Å². The Kier molecular flexibility index (Phi) is 4.59. The number of H-pyrrole nitrogens is 1. The highest BCUT2D eigenvalue weighted by Crippen LogP contribution is 2.37. The number of fused-ring (bicyclic) bond motifs is 3. The average molecular weight is 404 g/mol. The summed E-state index contributed by atoms with van der Waals surface area (Å²) in [6.45, 7) is 1.51. The number of nitrogens with two attached hydrogens (primary N) is 1. The van der Waals surface area contributed by atoms with Gasteiger partial charge in [0.2, 0.25) is 0 Å². The molecule has 1 fully saturated rings. The van der Waals surface area contributed by atoms with Crippen LogP contribution < -0.4 is 11.1 Å². The zero-order valence-electron chi connectivity index (χ0n) is 16.2. The SMILES string of the molecule is NC(=O)c1ncc(-c2ccccc2F)c2c1[nH]c1cc(NC3CCOCC3)ccc12. The molecule has 1 aliphatic heterocycles. The van der Waals surface area contributed by atoms with Crippen molar-refractivity contribution in [3.05, 3.63) is 60.2 Å². The van der Waals surface area contributed by atoms with E-state index in [2.05, 4.69) is 15.3 Å². The molecule has 4 aromatic rings. The fourth-order valence-corrected chi connectivity index (χ4v) is 4.15. The zero-order valence-corrected chi connectivity index (χ0v) is 16.2. The number of benzene rings is 2. The molecule has 3 heterocycles. The molecule has 7 heteroatoms. The van der Waals surface area contributed by atoms with Crippen LogP contribution in [0.3, 0.4) is 0 Å². The number of carbonyl (C=O) groups is 1. The van der Waals surface area contributed by atoms with E-state index >= 15 is 0 Å². The number of ether oxygens (including phenoxy) is 1. The first kappa shape index (κ1) is 18.6. The van der Waals surface area contributed by atoms with Crippen LogP contribution in [0.25, 0.3) is 32.9 Å². The first-order valence-electron chi connectivity index (χ1n) is 9.95. The molecule has 4 N–H and O–H groups in total. The number of aromatic nitrogens is 2. The average Bonchev–Trinajstić information content (AvgIpc) is 3.13. The molecule has 1 aliphatic rings. The summed E-state index contributed by atoms with van der Waals surface area (Å²) in [5.41, 5.74) is 9.05. The van der Waals surface area contributed by atoms with Gasteiger partial charge in [-0.15, -0.1) is 0 Å². The number of rotatable bonds is 4. The maximum atomic E-state index is 14.5. The smallest absolute Gasteiger partial charge is 0.269 e. The number of hydrogen-bond donors (Lipinski definition) is 3. The van der Waals surface area contributed by atoms with Crippen molar-refractivity contribution in [3.8, 4) is 11.1 Å². The van der Waals surface area contributed by atoms with Crippen molar-refractivity contribution in [2.75, 3.05) is 18.5 Å². The minimum absolute atomic E-state index is 0.139. The monoisotopic (exact) mass is 404 g/mol. The largest absolute Gasteiger partial charge is 0.382 e. The summed E-state index contributed by atoms with van der Waals surface area (Å²) in [7, 11) is 0. The summed E-state index contributed by atoms with van der Waals surface area (Å²) in [4.78, 5) is 19.5. The molecule has 152 valence electrons. The number of anilines is 1. The van der Waals surface area contributed by atoms with Crippen LogP contribution >= 0.6 is 0 Å². The molecule has 1 saturated heterocycles. The molecule has 0 saturated carbocycles. The number of primary amides is 1. The van der Waals surface area contributed by atoms with Crippen LogP contribution in [-0.4, -0.2) is 35.1 Å². The fourth-order valence-electron chi connectivity index (χ4n) is 4.15. The third-order valence-electron chi connectivity index (χ3n) is 5.62. The van der Waals surface area contributed by atoms with E-state index in [9.17, 15) is 9.18 Å². The minimum Gasteiger partial charge on any atom is -0.382 e. The van der Waals surface area contributed by atoms with Crippen LogP contribution in [0.5, 0.6) is 0 Å². The lowest BCUT2D eigenvalue weighted by atomic mass is 10.00. The van der Waals surface area contributed by atoms with Gasteiger partial charge in [-0.3, -0.25) is 4.79 Å². The summed E-state index contributed by atoms with van der Waals surface area (Å²) in [6.07, 6.45) is 3.43. The number of halogens is 1. The summed E-state index contributed by atoms with van der Waals surface area (Å²) in [5, 5.41) is 5.16. The van der Waals surface area contributed by atoms with Gasteiger partial charge in [0.15, 0.2) is 5.69 Å². The van der Waals surface area contributed by atoms with Gasteiger partial charge in [-0.1, -0.05) is 24.3 Å². The standard InChI is InChI=1S/C23H21FN4O2/c24-18-4-2-1-3-15(18)17-12-26-22(23(25)29)21-20(17)16-6-5-14(11-19(16)28-21)27-13-7-9-30-10-8-13/h1-6,11-13,27-28H,7-10H2,(H2,25,29). The van der Waals surface area contributed by atoms with Crippen LogP contribution in [0.15, 0.2) is 48.7 Å². The van der Waals surface area contributed by atoms with Crippen LogP contribution in [0.4, 0.5) is 10.1 Å². The molecule has 30 heavy (non-hydrogen) atoms. The Balaban J connectivity index is 1.69. The molecular weight excluding hydrogens is 383 g/mol. The molecular formula is C23H21FN4O2. The maximum absolute atomic E-state index is 14.5. The molecule has 0 aliphatic carbocycles. The van der Waals surface area contributed by atoms with Crippen molar-refractivity contribution in [3.63, 3.8) is 0 Å². The third kappa shape index (κ3) is 3.17. The third-order valence-corrected chi connectivity index (χ3v) is 5.62. The second-order valence-electron chi connectivity index (χ2n) is 7.53. The van der Waals surface area contributed by atoms with Crippen molar-refractivity contribution in [1.29, 1.82) is 0 Å². The van der Waals surface area contributed by atoms with Gasteiger partial charge in [-0.25, -0.2) is 9.37 Å². The quantitative estimate of drug-likeness (QED) is 0.475. The van der Waals surface area contributed by atoms with E-state index in [0.717, 1.165) is 48.0 Å².